The molecule has 1 unspecified atom stereocenters. The van der Waals surface area contributed by atoms with Crippen LogP contribution in [0.4, 0.5) is 0 Å². The van der Waals surface area contributed by atoms with Gasteiger partial charge in [0.2, 0.25) is 5.91 Å². The SMILES string of the molecule is CN=C(NCc1nnc2n1CCCCC2)NC1CCN(C(=O)C(C)C)C1. The zero-order valence-electron chi connectivity index (χ0n) is 16.2. The van der Waals surface area contributed by atoms with Gasteiger partial charge in [-0.3, -0.25) is 9.79 Å². The van der Waals surface area contributed by atoms with Crippen molar-refractivity contribution in [2.45, 2.75) is 65.1 Å². The maximum atomic E-state index is 12.1. The van der Waals surface area contributed by atoms with E-state index in [1.165, 1.54) is 19.3 Å². The van der Waals surface area contributed by atoms with Gasteiger partial charge in [-0.2, -0.15) is 0 Å². The fourth-order valence-corrected chi connectivity index (χ4v) is 3.67. The predicted molar refractivity (Wildman–Crippen MR) is 101 cm³/mol. The normalized spacial score (nSPS) is 20.8. The Bertz CT molecular complexity index is 652. The monoisotopic (exact) mass is 361 g/mol. The van der Waals surface area contributed by atoms with E-state index in [9.17, 15) is 4.79 Å². The van der Waals surface area contributed by atoms with Crippen molar-refractivity contribution in [3.8, 4) is 0 Å². The average molecular weight is 361 g/mol. The van der Waals surface area contributed by atoms with Crippen molar-refractivity contribution in [3.05, 3.63) is 11.6 Å². The van der Waals surface area contributed by atoms with E-state index in [2.05, 4.69) is 30.4 Å². The Morgan fingerprint density at radius 3 is 2.88 bits per heavy atom. The van der Waals surface area contributed by atoms with Gasteiger partial charge in [0.15, 0.2) is 11.8 Å². The molecule has 8 heteroatoms. The van der Waals surface area contributed by atoms with Crippen molar-refractivity contribution in [3.63, 3.8) is 0 Å². The highest BCUT2D eigenvalue weighted by molar-refractivity contribution is 5.81. The molecule has 0 spiro atoms. The summed E-state index contributed by atoms with van der Waals surface area (Å²) in [6, 6.07) is 0.236. The Balaban J connectivity index is 1.52. The van der Waals surface area contributed by atoms with E-state index in [1.54, 1.807) is 7.05 Å². The van der Waals surface area contributed by atoms with Gasteiger partial charge in [0.05, 0.1) is 6.54 Å². The summed E-state index contributed by atoms with van der Waals surface area (Å²) in [6.07, 6.45) is 5.60. The van der Waals surface area contributed by atoms with Crippen molar-refractivity contribution >= 4 is 11.9 Å². The van der Waals surface area contributed by atoms with Crippen molar-refractivity contribution in [1.82, 2.24) is 30.3 Å². The average Bonchev–Trinajstić information content (AvgIpc) is 3.18. The number of aliphatic imine (C=N–C) groups is 1. The van der Waals surface area contributed by atoms with Crippen LogP contribution in [-0.4, -0.2) is 57.7 Å². The second-order valence-corrected chi connectivity index (χ2v) is 7.49. The van der Waals surface area contributed by atoms with E-state index >= 15 is 0 Å². The number of nitrogens with zero attached hydrogens (tertiary/aromatic N) is 5. The van der Waals surface area contributed by atoms with Crippen LogP contribution in [0.1, 0.15) is 51.2 Å². The van der Waals surface area contributed by atoms with Crippen LogP contribution >= 0.6 is 0 Å². The number of fused-ring (bicyclic) bond motifs is 1. The first-order valence-electron chi connectivity index (χ1n) is 9.75. The van der Waals surface area contributed by atoms with Crippen LogP contribution in [0.5, 0.6) is 0 Å². The lowest BCUT2D eigenvalue weighted by Crippen LogP contribution is -2.45. The molecule has 0 aliphatic carbocycles. The molecule has 3 heterocycles. The molecule has 1 saturated heterocycles. The number of hydrogen-bond acceptors (Lipinski definition) is 4. The minimum absolute atomic E-state index is 0.0504. The number of carbonyl (C=O) groups excluding carboxylic acids is 1. The van der Waals surface area contributed by atoms with Crippen LogP contribution in [-0.2, 0) is 24.3 Å². The molecule has 0 saturated carbocycles. The van der Waals surface area contributed by atoms with E-state index in [-0.39, 0.29) is 17.9 Å². The first kappa shape index (κ1) is 18.7. The number of amides is 1. The van der Waals surface area contributed by atoms with E-state index in [1.807, 2.05) is 18.7 Å². The third-order valence-corrected chi connectivity index (χ3v) is 5.16. The molecule has 3 rings (SSSR count). The lowest BCUT2D eigenvalue weighted by molar-refractivity contribution is -0.133. The molecular formula is C18H31N7O. The molecule has 2 aliphatic rings. The van der Waals surface area contributed by atoms with Crippen LogP contribution in [0.2, 0.25) is 0 Å². The summed E-state index contributed by atoms with van der Waals surface area (Å²) in [5.41, 5.74) is 0. The summed E-state index contributed by atoms with van der Waals surface area (Å²) >= 11 is 0. The molecule has 1 atom stereocenters. The molecule has 0 radical (unpaired) electrons. The van der Waals surface area contributed by atoms with Gasteiger partial charge in [0.1, 0.15) is 5.82 Å². The van der Waals surface area contributed by atoms with E-state index in [0.29, 0.717) is 6.54 Å². The maximum Gasteiger partial charge on any atom is 0.225 e. The second kappa shape index (κ2) is 8.51. The first-order chi connectivity index (χ1) is 12.6. The number of guanidine groups is 1. The van der Waals surface area contributed by atoms with Gasteiger partial charge in [0.25, 0.3) is 0 Å². The van der Waals surface area contributed by atoms with Gasteiger partial charge in [-0.15, -0.1) is 10.2 Å². The molecule has 26 heavy (non-hydrogen) atoms. The predicted octanol–water partition coefficient (Wildman–Crippen LogP) is 0.926. The van der Waals surface area contributed by atoms with Gasteiger partial charge in [-0.1, -0.05) is 20.3 Å². The van der Waals surface area contributed by atoms with E-state index < -0.39 is 0 Å². The number of carbonyl (C=O) groups is 1. The summed E-state index contributed by atoms with van der Waals surface area (Å²) in [5.74, 6) is 3.09. The zero-order valence-corrected chi connectivity index (χ0v) is 16.2. The fraction of sp³-hybridized carbons (Fsp3) is 0.778. The van der Waals surface area contributed by atoms with Gasteiger partial charge < -0.3 is 20.1 Å². The Labute approximate surface area is 155 Å². The maximum absolute atomic E-state index is 12.1. The van der Waals surface area contributed by atoms with Crippen LogP contribution < -0.4 is 10.6 Å². The molecule has 1 aromatic rings. The minimum Gasteiger partial charge on any atom is -0.352 e. The first-order valence-corrected chi connectivity index (χ1v) is 9.75. The summed E-state index contributed by atoms with van der Waals surface area (Å²) in [4.78, 5) is 18.4. The van der Waals surface area contributed by atoms with Crippen molar-refractivity contribution in [2.75, 3.05) is 20.1 Å². The quantitative estimate of drug-likeness (QED) is 0.615. The zero-order chi connectivity index (χ0) is 18.5. The third-order valence-electron chi connectivity index (χ3n) is 5.16. The van der Waals surface area contributed by atoms with Crippen LogP contribution in [0.15, 0.2) is 4.99 Å². The molecule has 0 aromatic carbocycles. The van der Waals surface area contributed by atoms with Gasteiger partial charge >= 0.3 is 0 Å². The van der Waals surface area contributed by atoms with Crippen molar-refractivity contribution in [1.29, 1.82) is 0 Å². The minimum atomic E-state index is 0.0504. The topological polar surface area (TPSA) is 87.4 Å². The smallest absolute Gasteiger partial charge is 0.225 e. The molecule has 1 fully saturated rings. The molecular weight excluding hydrogens is 330 g/mol. The summed E-state index contributed by atoms with van der Waals surface area (Å²) in [5, 5.41) is 15.5. The number of likely N-dealkylation sites (tertiary alicyclic amines) is 1. The summed E-state index contributed by atoms with van der Waals surface area (Å²) < 4.78 is 2.24. The van der Waals surface area contributed by atoms with Crippen LogP contribution in [0.3, 0.4) is 0 Å². The highest BCUT2D eigenvalue weighted by atomic mass is 16.2. The van der Waals surface area contributed by atoms with Crippen molar-refractivity contribution in [2.24, 2.45) is 10.9 Å². The Hall–Kier alpha value is -2.12. The van der Waals surface area contributed by atoms with E-state index in [0.717, 1.165) is 50.1 Å². The highest BCUT2D eigenvalue weighted by Gasteiger charge is 2.28. The fourth-order valence-electron chi connectivity index (χ4n) is 3.67. The Morgan fingerprint density at radius 2 is 2.12 bits per heavy atom. The molecule has 0 bridgehead atoms. The standard InChI is InChI=1S/C18H31N7O/c1-13(2)17(26)24-10-8-14(12-24)21-18(19-3)20-11-16-23-22-15-7-5-4-6-9-25(15)16/h13-14H,4-12H2,1-3H3,(H2,19,20,21). The third kappa shape index (κ3) is 4.34. The van der Waals surface area contributed by atoms with Crippen LogP contribution in [0, 0.1) is 5.92 Å². The number of hydrogen-bond donors (Lipinski definition) is 2. The highest BCUT2D eigenvalue weighted by Crippen LogP contribution is 2.15. The number of aromatic nitrogens is 3. The molecule has 1 aromatic heterocycles. The number of aryl methyl sites for hydroxylation is 1. The van der Waals surface area contributed by atoms with Gasteiger partial charge in [-0.25, -0.2) is 0 Å². The molecule has 1 amide bonds. The molecule has 8 nitrogen and oxygen atoms in total. The van der Waals surface area contributed by atoms with E-state index in [4.69, 9.17) is 0 Å². The van der Waals surface area contributed by atoms with Gasteiger partial charge in [0, 0.05) is 45.1 Å². The van der Waals surface area contributed by atoms with Crippen molar-refractivity contribution < 1.29 is 4.79 Å². The van der Waals surface area contributed by atoms with Crippen LogP contribution in [0.25, 0.3) is 0 Å². The second-order valence-electron chi connectivity index (χ2n) is 7.49. The molecule has 144 valence electrons. The summed E-state index contributed by atoms with van der Waals surface area (Å²) in [7, 11) is 1.77. The number of nitrogens with one attached hydrogen (secondary N) is 2. The lowest BCUT2D eigenvalue weighted by Gasteiger charge is -2.20. The number of rotatable bonds is 4. The lowest BCUT2D eigenvalue weighted by atomic mass is 10.2. The molecule has 2 aliphatic heterocycles. The largest absolute Gasteiger partial charge is 0.352 e. The Morgan fingerprint density at radius 1 is 1.27 bits per heavy atom. The summed E-state index contributed by atoms with van der Waals surface area (Å²) in [6.45, 7) is 7.05. The Kier molecular flexibility index (Phi) is 6.11. The molecule has 2 N–H and O–H groups in total. The van der Waals surface area contributed by atoms with Gasteiger partial charge in [-0.05, 0) is 19.3 Å².